The van der Waals surface area contributed by atoms with Gasteiger partial charge < -0.3 is 25.2 Å². The summed E-state index contributed by atoms with van der Waals surface area (Å²) in [5.74, 6) is 0.956. The molecule has 1 aliphatic heterocycles. The van der Waals surface area contributed by atoms with Gasteiger partial charge in [-0.3, -0.25) is 9.69 Å². The first-order valence-corrected chi connectivity index (χ1v) is 10.5. The van der Waals surface area contributed by atoms with Crippen LogP contribution >= 0.6 is 35.3 Å². The third-order valence-corrected chi connectivity index (χ3v) is 5.37. The molecule has 1 fully saturated rings. The predicted molar refractivity (Wildman–Crippen MR) is 130 cm³/mol. The van der Waals surface area contributed by atoms with E-state index in [2.05, 4.69) is 37.7 Å². The molecule has 0 bridgehead atoms. The number of hydrogen-bond acceptors (Lipinski definition) is 7. The molecule has 0 unspecified atom stereocenters. The van der Waals surface area contributed by atoms with E-state index in [0.29, 0.717) is 26.2 Å². The van der Waals surface area contributed by atoms with Crippen molar-refractivity contribution in [3.8, 4) is 0 Å². The zero-order valence-electron chi connectivity index (χ0n) is 17.8. The zero-order valence-corrected chi connectivity index (χ0v) is 21.0. The number of nitrogens with one attached hydrogen (secondary N) is 2. The Morgan fingerprint density at radius 1 is 1.31 bits per heavy atom. The average Bonchev–Trinajstić information content (AvgIpc) is 3.15. The van der Waals surface area contributed by atoms with Crippen LogP contribution in [0.5, 0.6) is 0 Å². The van der Waals surface area contributed by atoms with Crippen LogP contribution in [-0.4, -0.2) is 100 Å². The van der Waals surface area contributed by atoms with Crippen LogP contribution in [-0.2, 0) is 16.1 Å². The minimum atomic E-state index is 0. The Morgan fingerprint density at radius 2 is 2.03 bits per heavy atom. The molecule has 9 nitrogen and oxygen atoms in total. The summed E-state index contributed by atoms with van der Waals surface area (Å²) in [5.41, 5.74) is 0.982. The minimum Gasteiger partial charge on any atom is -0.383 e. The molecule has 2 rings (SSSR count). The highest BCUT2D eigenvalue weighted by Gasteiger charge is 2.21. The molecule has 29 heavy (non-hydrogen) atoms. The number of halogens is 1. The molecule has 0 aromatic carbocycles. The van der Waals surface area contributed by atoms with Crippen molar-refractivity contribution < 1.29 is 9.53 Å². The summed E-state index contributed by atoms with van der Waals surface area (Å²) >= 11 is 1.63. The molecule has 0 atom stereocenters. The molecule has 11 heteroatoms. The highest BCUT2D eigenvalue weighted by Crippen LogP contribution is 2.18. The Kier molecular flexibility index (Phi) is 12.4. The number of methoxy groups -OCH3 is 1. The Bertz CT molecular complexity index is 633. The third-order valence-electron chi connectivity index (χ3n) is 4.32. The van der Waals surface area contributed by atoms with Crippen molar-refractivity contribution in [2.45, 2.75) is 13.5 Å². The average molecular weight is 539 g/mol. The number of carbonyl (C=O) groups excluding carboxylic acids is 1. The Labute approximate surface area is 194 Å². The minimum absolute atomic E-state index is 0. The van der Waals surface area contributed by atoms with E-state index in [9.17, 15) is 4.79 Å². The lowest BCUT2D eigenvalue weighted by atomic mass is 10.3. The second-order valence-corrected chi connectivity index (χ2v) is 7.63. The fourth-order valence-electron chi connectivity index (χ4n) is 2.83. The third kappa shape index (κ3) is 9.01. The molecule has 1 aromatic heterocycles. The van der Waals surface area contributed by atoms with Gasteiger partial charge in [0.05, 0.1) is 25.4 Å². The van der Waals surface area contributed by atoms with Gasteiger partial charge in [-0.05, 0) is 6.92 Å². The van der Waals surface area contributed by atoms with E-state index in [0.717, 1.165) is 49.5 Å². The topological polar surface area (TPSA) is 85.3 Å². The molecule has 0 spiro atoms. The SMILES string of the molecule is CCNC(=NCc1csc(N(C)C)n1)N1CCN(CC(=O)NCCOC)CC1.I. The molecular formula is C18H34IN7O2S. The van der Waals surface area contributed by atoms with Crippen LogP contribution in [0.2, 0.25) is 0 Å². The number of anilines is 1. The summed E-state index contributed by atoms with van der Waals surface area (Å²) in [7, 11) is 5.62. The second kappa shape index (κ2) is 13.9. The summed E-state index contributed by atoms with van der Waals surface area (Å²) in [4.78, 5) is 27.7. The number of thiazole rings is 1. The summed E-state index contributed by atoms with van der Waals surface area (Å²) < 4.78 is 4.95. The van der Waals surface area contributed by atoms with Gasteiger partial charge in [0.1, 0.15) is 0 Å². The van der Waals surface area contributed by atoms with Gasteiger partial charge >= 0.3 is 0 Å². The van der Waals surface area contributed by atoms with Crippen molar-refractivity contribution in [2.24, 2.45) is 4.99 Å². The molecular weight excluding hydrogens is 505 g/mol. The molecule has 2 N–H and O–H groups in total. The molecule has 0 aliphatic carbocycles. The number of hydrogen-bond donors (Lipinski definition) is 2. The first-order valence-electron chi connectivity index (χ1n) is 9.66. The highest BCUT2D eigenvalue weighted by atomic mass is 127. The monoisotopic (exact) mass is 539 g/mol. The number of nitrogens with zero attached hydrogens (tertiary/aromatic N) is 5. The van der Waals surface area contributed by atoms with Crippen LogP contribution in [0.1, 0.15) is 12.6 Å². The number of piperazine rings is 1. The van der Waals surface area contributed by atoms with Crippen molar-refractivity contribution in [1.29, 1.82) is 0 Å². The first kappa shape index (κ1) is 25.9. The van der Waals surface area contributed by atoms with E-state index < -0.39 is 0 Å². The number of guanidine groups is 1. The quantitative estimate of drug-likeness (QED) is 0.207. The molecule has 166 valence electrons. The van der Waals surface area contributed by atoms with Crippen molar-refractivity contribution >= 4 is 52.3 Å². The maximum absolute atomic E-state index is 11.9. The largest absolute Gasteiger partial charge is 0.383 e. The Hall–Kier alpha value is -1.18. The summed E-state index contributed by atoms with van der Waals surface area (Å²) in [5, 5.41) is 9.29. The van der Waals surface area contributed by atoms with E-state index in [1.54, 1.807) is 18.4 Å². The Balaban J connectivity index is 0.00000420. The van der Waals surface area contributed by atoms with Crippen LogP contribution in [0.3, 0.4) is 0 Å². The molecule has 0 radical (unpaired) electrons. The van der Waals surface area contributed by atoms with E-state index in [-0.39, 0.29) is 29.9 Å². The van der Waals surface area contributed by atoms with Crippen LogP contribution in [0.25, 0.3) is 0 Å². The van der Waals surface area contributed by atoms with E-state index in [1.165, 1.54) is 0 Å². The van der Waals surface area contributed by atoms with Crippen molar-refractivity contribution in [3.05, 3.63) is 11.1 Å². The number of aliphatic imine (C=N–C) groups is 1. The lowest BCUT2D eigenvalue weighted by Gasteiger charge is -2.36. The molecule has 1 aromatic rings. The number of ether oxygens (including phenoxy) is 1. The lowest BCUT2D eigenvalue weighted by molar-refractivity contribution is -0.122. The highest BCUT2D eigenvalue weighted by molar-refractivity contribution is 14.0. The molecule has 1 saturated heterocycles. The van der Waals surface area contributed by atoms with Gasteiger partial charge in [-0.25, -0.2) is 9.98 Å². The number of amides is 1. The van der Waals surface area contributed by atoms with Gasteiger partial charge in [0.2, 0.25) is 5.91 Å². The van der Waals surface area contributed by atoms with Gasteiger partial charge in [-0.2, -0.15) is 0 Å². The summed E-state index contributed by atoms with van der Waals surface area (Å²) in [6.45, 7) is 8.34. The molecule has 2 heterocycles. The van der Waals surface area contributed by atoms with E-state index in [1.807, 2.05) is 19.0 Å². The summed E-state index contributed by atoms with van der Waals surface area (Å²) in [6, 6.07) is 0. The fraction of sp³-hybridized carbons (Fsp3) is 0.722. The predicted octanol–water partition coefficient (Wildman–Crippen LogP) is 0.673. The maximum atomic E-state index is 11.9. The number of aromatic nitrogens is 1. The van der Waals surface area contributed by atoms with Crippen molar-refractivity contribution in [3.63, 3.8) is 0 Å². The zero-order chi connectivity index (χ0) is 20.4. The first-order chi connectivity index (χ1) is 13.5. The van der Waals surface area contributed by atoms with Gasteiger partial charge in [-0.15, -0.1) is 35.3 Å². The van der Waals surface area contributed by atoms with Crippen LogP contribution < -0.4 is 15.5 Å². The molecule has 1 amide bonds. The number of rotatable bonds is 9. The van der Waals surface area contributed by atoms with Crippen molar-refractivity contribution in [2.75, 3.05) is 78.5 Å². The Morgan fingerprint density at radius 3 is 2.62 bits per heavy atom. The van der Waals surface area contributed by atoms with Gasteiger partial charge in [0.25, 0.3) is 0 Å². The van der Waals surface area contributed by atoms with Gasteiger partial charge in [-0.1, -0.05) is 0 Å². The fourth-order valence-corrected chi connectivity index (χ4v) is 3.57. The van der Waals surface area contributed by atoms with Gasteiger partial charge in [0, 0.05) is 65.9 Å². The van der Waals surface area contributed by atoms with Crippen LogP contribution in [0.4, 0.5) is 5.13 Å². The van der Waals surface area contributed by atoms with Crippen LogP contribution in [0, 0.1) is 0 Å². The lowest BCUT2D eigenvalue weighted by Crippen LogP contribution is -2.54. The molecule has 1 aliphatic rings. The second-order valence-electron chi connectivity index (χ2n) is 6.79. The smallest absolute Gasteiger partial charge is 0.234 e. The van der Waals surface area contributed by atoms with Gasteiger partial charge in [0.15, 0.2) is 11.1 Å². The van der Waals surface area contributed by atoms with Crippen molar-refractivity contribution in [1.82, 2.24) is 25.4 Å². The maximum Gasteiger partial charge on any atom is 0.234 e. The van der Waals surface area contributed by atoms with E-state index >= 15 is 0 Å². The standard InChI is InChI=1S/C18H33N7O2S.HI/c1-5-19-17(21-12-15-14-28-18(22-15)23(2)3)25-9-7-24(8-10-25)13-16(26)20-6-11-27-4;/h14H,5-13H2,1-4H3,(H,19,21)(H,20,26);1H. The van der Waals surface area contributed by atoms with E-state index in [4.69, 9.17) is 9.73 Å². The normalized spacial score (nSPS) is 15.0. The molecule has 0 saturated carbocycles. The summed E-state index contributed by atoms with van der Waals surface area (Å²) in [6.07, 6.45) is 0. The van der Waals surface area contributed by atoms with Crippen LogP contribution in [0.15, 0.2) is 10.4 Å². The number of carbonyl (C=O) groups is 1.